The molecule has 0 saturated carbocycles. The number of nitrogens with one attached hydrogen (secondary N) is 3. The van der Waals surface area contributed by atoms with Crippen molar-refractivity contribution in [2.24, 2.45) is 11.8 Å². The van der Waals surface area contributed by atoms with Gasteiger partial charge in [-0.05, 0) is 25.7 Å². The largest absolute Gasteiger partial charge is 0.296 e. The zero-order chi connectivity index (χ0) is 17.0. The van der Waals surface area contributed by atoms with E-state index in [0.717, 1.165) is 51.4 Å². The number of hydrogen-bond donors (Lipinski definition) is 3. The Kier molecular flexibility index (Phi) is 11.4. The molecule has 2 atom stereocenters. The Morgan fingerprint density at radius 3 is 1.45 bits per heavy atom. The number of carbonyl (C=O) groups is 2. The van der Waals surface area contributed by atoms with E-state index >= 15 is 0 Å². The van der Waals surface area contributed by atoms with Gasteiger partial charge in [-0.3, -0.25) is 25.6 Å². The number of carbonyl (C=O) groups excluding carboxylic acids is 2. The Labute approximate surface area is 135 Å². The van der Waals surface area contributed by atoms with Crippen molar-refractivity contribution in [2.45, 2.75) is 79.1 Å². The predicted molar refractivity (Wildman–Crippen MR) is 90.6 cm³/mol. The molecule has 0 aliphatic carbocycles. The molecule has 22 heavy (non-hydrogen) atoms. The van der Waals surface area contributed by atoms with Crippen LogP contribution in [0.15, 0.2) is 0 Å². The third-order valence-corrected chi connectivity index (χ3v) is 4.04. The van der Waals surface area contributed by atoms with Crippen LogP contribution < -0.4 is 10.6 Å². The van der Waals surface area contributed by atoms with E-state index in [9.17, 15) is 9.59 Å². The van der Waals surface area contributed by atoms with Gasteiger partial charge in [-0.2, -0.15) is 0 Å². The molecule has 0 rings (SSSR count). The molecule has 3 N–H and O–H groups in total. The first kappa shape index (κ1) is 20.6. The fraction of sp³-hybridized carbons (Fsp3) is 0.824. The first-order valence-electron chi connectivity index (χ1n) is 8.70. The van der Waals surface area contributed by atoms with Crippen molar-refractivity contribution in [3.05, 3.63) is 0 Å². The van der Waals surface area contributed by atoms with E-state index in [0.29, 0.717) is 0 Å². The van der Waals surface area contributed by atoms with Gasteiger partial charge < -0.3 is 0 Å². The number of hydrogen-bond acceptors (Lipinski definition) is 3. The quantitative estimate of drug-likeness (QED) is 0.425. The van der Waals surface area contributed by atoms with Gasteiger partial charge in [-0.25, -0.2) is 0 Å². The second-order valence-electron chi connectivity index (χ2n) is 5.85. The van der Waals surface area contributed by atoms with Crippen molar-refractivity contribution in [3.8, 4) is 0 Å². The van der Waals surface area contributed by atoms with Gasteiger partial charge in [0.2, 0.25) is 17.8 Å². The molecule has 0 heterocycles. The second-order valence-corrected chi connectivity index (χ2v) is 5.85. The van der Waals surface area contributed by atoms with Crippen molar-refractivity contribution in [3.63, 3.8) is 0 Å². The Balaban J connectivity index is 4.35. The summed E-state index contributed by atoms with van der Waals surface area (Å²) in [6.07, 6.45) is 7.26. The summed E-state index contributed by atoms with van der Waals surface area (Å²) >= 11 is 0. The highest BCUT2D eigenvalue weighted by Crippen LogP contribution is 2.13. The maximum Gasteiger partial charge on any atom is 0.229 e. The molecule has 0 aromatic rings. The summed E-state index contributed by atoms with van der Waals surface area (Å²) in [5.41, 5.74) is 0. The number of rotatable bonds is 10. The summed E-state index contributed by atoms with van der Waals surface area (Å²) in [7, 11) is 0. The molecular formula is C17H33N3O2. The Morgan fingerprint density at radius 1 is 0.818 bits per heavy atom. The zero-order valence-corrected chi connectivity index (χ0v) is 14.6. The molecule has 2 amide bonds. The van der Waals surface area contributed by atoms with Gasteiger partial charge in [0.15, 0.2) is 0 Å². The highest BCUT2D eigenvalue weighted by atomic mass is 16.2. The molecule has 0 unspecified atom stereocenters. The van der Waals surface area contributed by atoms with Crippen molar-refractivity contribution < 1.29 is 9.59 Å². The van der Waals surface area contributed by atoms with Crippen LogP contribution in [0.4, 0.5) is 0 Å². The van der Waals surface area contributed by atoms with Gasteiger partial charge >= 0.3 is 0 Å². The van der Waals surface area contributed by atoms with Crippen molar-refractivity contribution in [1.82, 2.24) is 10.6 Å². The lowest BCUT2D eigenvalue weighted by atomic mass is 9.98. The highest BCUT2D eigenvalue weighted by Gasteiger charge is 2.20. The van der Waals surface area contributed by atoms with Gasteiger partial charge in [0.05, 0.1) is 0 Å². The van der Waals surface area contributed by atoms with E-state index in [-0.39, 0.29) is 29.6 Å². The fourth-order valence-corrected chi connectivity index (χ4v) is 2.42. The summed E-state index contributed by atoms with van der Waals surface area (Å²) < 4.78 is 0. The first-order valence-corrected chi connectivity index (χ1v) is 8.70. The van der Waals surface area contributed by atoms with Crippen LogP contribution in [0, 0.1) is 17.2 Å². The Morgan fingerprint density at radius 2 is 1.18 bits per heavy atom. The minimum atomic E-state index is -0.195. The summed E-state index contributed by atoms with van der Waals surface area (Å²) in [5.74, 6) is -0.691. The fourth-order valence-electron chi connectivity index (χ4n) is 2.42. The molecule has 0 bridgehead atoms. The van der Waals surface area contributed by atoms with Crippen molar-refractivity contribution >= 4 is 17.8 Å². The molecule has 0 aromatic heterocycles. The predicted octanol–water partition coefficient (Wildman–Crippen LogP) is 3.59. The van der Waals surface area contributed by atoms with Crippen molar-refractivity contribution in [2.75, 3.05) is 0 Å². The summed E-state index contributed by atoms with van der Waals surface area (Å²) in [4.78, 5) is 24.2. The van der Waals surface area contributed by atoms with Crippen LogP contribution in [-0.4, -0.2) is 17.8 Å². The highest BCUT2D eigenvalue weighted by molar-refractivity contribution is 6.04. The SMILES string of the molecule is CCCC[C@@H](CC)C(=O)NC(=N)NC(=O)[C@@H](CC)CCCC. The molecule has 0 aliphatic heterocycles. The summed E-state index contributed by atoms with van der Waals surface area (Å²) in [6.45, 7) is 8.13. The third-order valence-electron chi connectivity index (χ3n) is 4.04. The van der Waals surface area contributed by atoms with Crippen LogP contribution in [0.2, 0.25) is 0 Å². The lowest BCUT2D eigenvalue weighted by molar-refractivity contribution is -0.124. The monoisotopic (exact) mass is 311 g/mol. The van der Waals surface area contributed by atoms with E-state index in [1.54, 1.807) is 0 Å². The van der Waals surface area contributed by atoms with Crippen molar-refractivity contribution in [1.29, 1.82) is 5.41 Å². The molecule has 0 aliphatic rings. The molecule has 128 valence electrons. The van der Waals surface area contributed by atoms with Gasteiger partial charge in [-0.1, -0.05) is 53.4 Å². The van der Waals surface area contributed by atoms with Crippen LogP contribution in [0.1, 0.15) is 79.1 Å². The van der Waals surface area contributed by atoms with Crippen LogP contribution in [0.3, 0.4) is 0 Å². The number of unbranched alkanes of at least 4 members (excludes halogenated alkanes) is 2. The van der Waals surface area contributed by atoms with Gasteiger partial charge in [0.25, 0.3) is 0 Å². The molecule has 0 saturated heterocycles. The average Bonchev–Trinajstić information content (AvgIpc) is 2.48. The van der Waals surface area contributed by atoms with Gasteiger partial charge in [0, 0.05) is 11.8 Å². The zero-order valence-electron chi connectivity index (χ0n) is 14.6. The maximum absolute atomic E-state index is 12.1. The Hall–Kier alpha value is -1.39. The van der Waals surface area contributed by atoms with Crippen LogP contribution in [0.25, 0.3) is 0 Å². The molecule has 5 nitrogen and oxygen atoms in total. The van der Waals surface area contributed by atoms with E-state index in [4.69, 9.17) is 5.41 Å². The molecule has 0 spiro atoms. The minimum absolute atomic E-state index is 0.0840. The first-order chi connectivity index (χ1) is 10.5. The third kappa shape index (κ3) is 8.15. The van der Waals surface area contributed by atoms with Crippen LogP contribution in [0.5, 0.6) is 0 Å². The molecule has 0 radical (unpaired) electrons. The minimum Gasteiger partial charge on any atom is -0.296 e. The van der Waals surface area contributed by atoms with E-state index in [1.165, 1.54) is 0 Å². The van der Waals surface area contributed by atoms with E-state index < -0.39 is 0 Å². The number of guanidine groups is 1. The molecule has 0 aromatic carbocycles. The standard InChI is InChI=1S/C17H33N3O2/c1-5-9-11-13(7-3)15(21)19-17(18)20-16(22)14(8-4)12-10-6-2/h13-14H,5-12H2,1-4H3,(H3,18,19,20,21,22)/t13-,14+. The van der Waals surface area contributed by atoms with Gasteiger partial charge in [0.1, 0.15) is 0 Å². The number of amides is 2. The smallest absolute Gasteiger partial charge is 0.229 e. The normalized spacial score (nSPS) is 13.3. The van der Waals surface area contributed by atoms with E-state index in [1.807, 2.05) is 13.8 Å². The molecule has 5 heteroatoms. The average molecular weight is 311 g/mol. The summed E-state index contributed by atoms with van der Waals surface area (Å²) in [6, 6.07) is 0. The molecular weight excluding hydrogens is 278 g/mol. The van der Waals surface area contributed by atoms with Crippen LogP contribution in [-0.2, 0) is 9.59 Å². The Bertz CT molecular complexity index is 324. The lowest BCUT2D eigenvalue weighted by Crippen LogP contribution is -2.47. The molecule has 0 fully saturated rings. The second kappa shape index (κ2) is 12.2. The van der Waals surface area contributed by atoms with Crippen LogP contribution >= 0.6 is 0 Å². The topological polar surface area (TPSA) is 82.1 Å². The lowest BCUT2D eigenvalue weighted by Gasteiger charge is -2.17. The maximum atomic E-state index is 12.1. The summed E-state index contributed by atoms with van der Waals surface area (Å²) in [5, 5.41) is 12.8. The van der Waals surface area contributed by atoms with Gasteiger partial charge in [-0.15, -0.1) is 0 Å². The van der Waals surface area contributed by atoms with E-state index in [2.05, 4.69) is 24.5 Å².